The van der Waals surface area contributed by atoms with Crippen LogP contribution in [0.1, 0.15) is 0 Å². The number of rotatable bonds is 5. The Hall–Kier alpha value is -7.21. The summed E-state index contributed by atoms with van der Waals surface area (Å²) in [7, 11) is 0. The van der Waals surface area contributed by atoms with Crippen LogP contribution in [0, 0.1) is 0 Å². The normalized spacial score (nSPS) is 12.1. The molecule has 5 heteroatoms. The zero-order chi connectivity index (χ0) is 37.5. The molecule has 0 aliphatic carbocycles. The summed E-state index contributed by atoms with van der Waals surface area (Å²) in [6.45, 7) is 0. The summed E-state index contributed by atoms with van der Waals surface area (Å²) >= 11 is 1.86. The Labute approximate surface area is 333 Å². The molecule has 266 valence electrons. The molecule has 0 unspecified atom stereocenters. The van der Waals surface area contributed by atoms with Gasteiger partial charge in [0.05, 0.1) is 39.1 Å². The third-order valence-corrected chi connectivity index (χ3v) is 12.4. The van der Waals surface area contributed by atoms with Gasteiger partial charge in [0, 0.05) is 42.8 Å². The van der Waals surface area contributed by atoms with E-state index in [0.717, 1.165) is 55.9 Å². The predicted octanol–water partition coefficient (Wildman–Crippen LogP) is 13.8. The first kappa shape index (κ1) is 32.1. The lowest BCUT2D eigenvalue weighted by Crippen LogP contribution is -2.05. The molecule has 0 amide bonds. The van der Waals surface area contributed by atoms with Gasteiger partial charge >= 0.3 is 0 Å². The first-order valence-corrected chi connectivity index (χ1v) is 20.1. The second-order valence-corrected chi connectivity index (χ2v) is 15.7. The molecular formula is C52H32N4S. The Morgan fingerprint density at radius 3 is 1.68 bits per heavy atom. The van der Waals surface area contributed by atoms with Crippen molar-refractivity contribution in [1.82, 2.24) is 19.1 Å². The van der Waals surface area contributed by atoms with E-state index in [9.17, 15) is 0 Å². The first-order valence-electron chi connectivity index (χ1n) is 19.2. The first-order chi connectivity index (χ1) is 28.3. The Morgan fingerprint density at radius 1 is 0.386 bits per heavy atom. The molecule has 1 aliphatic heterocycles. The molecule has 3 aromatic heterocycles. The van der Waals surface area contributed by atoms with Crippen molar-refractivity contribution < 1.29 is 0 Å². The zero-order valence-corrected chi connectivity index (χ0v) is 31.5. The number of fused-ring (bicyclic) bond motifs is 8. The van der Waals surface area contributed by atoms with Gasteiger partial charge in [-0.15, -0.1) is 0 Å². The van der Waals surface area contributed by atoms with E-state index in [2.05, 4.69) is 179 Å². The average Bonchev–Trinajstić information content (AvgIpc) is 3.80. The maximum Gasteiger partial charge on any atom is 0.131 e. The molecule has 57 heavy (non-hydrogen) atoms. The lowest BCUT2D eigenvalue weighted by atomic mass is 9.97. The Bertz CT molecular complexity index is 3380. The Morgan fingerprint density at radius 2 is 0.947 bits per heavy atom. The van der Waals surface area contributed by atoms with Gasteiger partial charge in [-0.3, -0.25) is 9.13 Å². The average molecular weight is 745 g/mol. The Balaban J connectivity index is 1.02. The fraction of sp³-hybridized carbons (Fsp3) is 0. The highest BCUT2D eigenvalue weighted by Crippen LogP contribution is 2.50. The molecule has 0 atom stereocenters. The molecule has 11 aromatic rings. The number of aromatic nitrogens is 4. The highest BCUT2D eigenvalue weighted by molar-refractivity contribution is 7.99. The van der Waals surface area contributed by atoms with Crippen molar-refractivity contribution in [3.05, 3.63) is 194 Å². The highest BCUT2D eigenvalue weighted by Gasteiger charge is 2.28. The van der Waals surface area contributed by atoms with Crippen molar-refractivity contribution in [2.45, 2.75) is 9.79 Å². The van der Waals surface area contributed by atoms with Gasteiger partial charge < -0.3 is 0 Å². The van der Waals surface area contributed by atoms with Crippen molar-refractivity contribution in [3.63, 3.8) is 0 Å². The number of benzene rings is 8. The van der Waals surface area contributed by atoms with Crippen molar-refractivity contribution in [1.29, 1.82) is 0 Å². The van der Waals surface area contributed by atoms with Crippen LogP contribution in [0.4, 0.5) is 0 Å². The number of para-hydroxylation sites is 5. The molecule has 8 aromatic carbocycles. The van der Waals surface area contributed by atoms with Crippen LogP contribution in [0.15, 0.2) is 204 Å². The van der Waals surface area contributed by atoms with E-state index in [4.69, 9.17) is 9.97 Å². The van der Waals surface area contributed by atoms with Gasteiger partial charge in [0.25, 0.3) is 0 Å². The molecule has 12 rings (SSSR count). The lowest BCUT2D eigenvalue weighted by Gasteiger charge is -2.22. The van der Waals surface area contributed by atoms with Crippen LogP contribution in [0.3, 0.4) is 0 Å². The molecule has 0 spiro atoms. The third-order valence-electron chi connectivity index (χ3n) is 11.3. The van der Waals surface area contributed by atoms with Gasteiger partial charge in [0.1, 0.15) is 5.65 Å². The van der Waals surface area contributed by atoms with Crippen molar-refractivity contribution >= 4 is 55.6 Å². The van der Waals surface area contributed by atoms with Crippen LogP contribution in [-0.2, 0) is 0 Å². The summed E-state index contributed by atoms with van der Waals surface area (Å²) in [5, 5.41) is 3.84. The molecule has 4 nitrogen and oxygen atoms in total. The van der Waals surface area contributed by atoms with Gasteiger partial charge in [0.2, 0.25) is 0 Å². The van der Waals surface area contributed by atoms with E-state index in [-0.39, 0.29) is 0 Å². The van der Waals surface area contributed by atoms with Crippen molar-refractivity contribution in [3.8, 4) is 56.1 Å². The topological polar surface area (TPSA) is 35.6 Å². The van der Waals surface area contributed by atoms with E-state index in [1.165, 1.54) is 53.9 Å². The minimum atomic E-state index is 0.868. The maximum absolute atomic E-state index is 5.28. The van der Waals surface area contributed by atoms with Crippen LogP contribution in [0.5, 0.6) is 0 Å². The van der Waals surface area contributed by atoms with Gasteiger partial charge in [-0.05, 0) is 82.9 Å². The molecule has 4 heterocycles. The molecule has 1 aliphatic rings. The maximum atomic E-state index is 5.28. The SMILES string of the molecule is c1ccc(-c2cccc(-c3nc4ccccc4nc3-c3cccc(-c4ccc5c(c4)Sc4cccc6c7c8ccccc8n(-c8ccccc8)c7n-5c46)c3)c2)cc1. The third kappa shape index (κ3) is 5.03. The van der Waals surface area contributed by atoms with Crippen molar-refractivity contribution in [2.24, 2.45) is 0 Å². The van der Waals surface area contributed by atoms with Crippen LogP contribution >= 0.6 is 11.8 Å². The number of nitrogens with zero attached hydrogens (tertiary/aromatic N) is 4. The van der Waals surface area contributed by atoms with Crippen LogP contribution in [-0.4, -0.2) is 19.1 Å². The van der Waals surface area contributed by atoms with E-state index in [1.807, 2.05) is 36.0 Å². The monoisotopic (exact) mass is 744 g/mol. The smallest absolute Gasteiger partial charge is 0.131 e. The number of hydrogen-bond donors (Lipinski definition) is 0. The summed E-state index contributed by atoms with van der Waals surface area (Å²) < 4.78 is 4.93. The molecule has 0 N–H and O–H groups in total. The van der Waals surface area contributed by atoms with Gasteiger partial charge in [-0.2, -0.15) is 0 Å². The van der Waals surface area contributed by atoms with Crippen molar-refractivity contribution in [2.75, 3.05) is 0 Å². The quantitative estimate of drug-likeness (QED) is 0.176. The fourth-order valence-corrected chi connectivity index (χ4v) is 9.85. The molecule has 0 radical (unpaired) electrons. The molecule has 0 saturated carbocycles. The zero-order valence-electron chi connectivity index (χ0n) is 30.7. The minimum Gasteiger partial charge on any atom is -0.295 e. The predicted molar refractivity (Wildman–Crippen MR) is 237 cm³/mol. The molecule has 0 saturated heterocycles. The largest absolute Gasteiger partial charge is 0.295 e. The fourth-order valence-electron chi connectivity index (χ4n) is 8.72. The summed E-state index contributed by atoms with van der Waals surface area (Å²) in [4.78, 5) is 13.0. The molecular weight excluding hydrogens is 713 g/mol. The Kier molecular flexibility index (Phi) is 7.13. The van der Waals surface area contributed by atoms with E-state index in [1.54, 1.807) is 0 Å². The van der Waals surface area contributed by atoms with Gasteiger partial charge in [0.15, 0.2) is 0 Å². The highest BCUT2D eigenvalue weighted by atomic mass is 32.2. The minimum absolute atomic E-state index is 0.868. The van der Waals surface area contributed by atoms with Gasteiger partial charge in [-0.1, -0.05) is 145 Å². The summed E-state index contributed by atoms with van der Waals surface area (Å²) in [6, 6.07) is 69.3. The van der Waals surface area contributed by atoms with E-state index < -0.39 is 0 Å². The van der Waals surface area contributed by atoms with Crippen LogP contribution < -0.4 is 0 Å². The van der Waals surface area contributed by atoms with E-state index in [0.29, 0.717) is 0 Å². The summed E-state index contributed by atoms with van der Waals surface area (Å²) in [6.07, 6.45) is 0. The second kappa shape index (κ2) is 12.7. The molecule has 0 fully saturated rings. The van der Waals surface area contributed by atoms with Crippen LogP contribution in [0.2, 0.25) is 0 Å². The summed E-state index contributed by atoms with van der Waals surface area (Å²) in [5.41, 5.74) is 16.2. The summed E-state index contributed by atoms with van der Waals surface area (Å²) in [5.74, 6) is 0. The second-order valence-electron chi connectivity index (χ2n) is 14.6. The standard InChI is InChI=1S/C52H32N4S/c1-3-14-33(15-4-1)34-16-11-18-37(30-34)49-50(54-43-25-9-8-24-42(43)53-49)38-19-12-17-35(31-38)36-28-29-45-47(32-36)57-46-27-13-23-41-48-40-22-7-10-26-44(40)55(39-20-5-2-6-21-39)52(48)56(45)51(41)46/h1-32H. The van der Waals surface area contributed by atoms with E-state index >= 15 is 0 Å². The lowest BCUT2D eigenvalue weighted by molar-refractivity contribution is 1.03. The number of hydrogen-bond acceptors (Lipinski definition) is 3. The van der Waals surface area contributed by atoms with Gasteiger partial charge in [-0.25, -0.2) is 9.97 Å². The molecule has 0 bridgehead atoms. The van der Waals surface area contributed by atoms with Crippen LogP contribution in [0.25, 0.3) is 100 Å².